The van der Waals surface area contributed by atoms with Gasteiger partial charge in [0.15, 0.2) is 0 Å². The molecule has 16 heavy (non-hydrogen) atoms. The van der Waals surface area contributed by atoms with Gasteiger partial charge in [-0.1, -0.05) is 0 Å². The molecule has 2 heterocycles. The van der Waals surface area contributed by atoms with Crippen LogP contribution in [0.2, 0.25) is 0 Å². The molecule has 0 fully saturated rings. The topological polar surface area (TPSA) is 64.4 Å². The molecule has 0 aliphatic heterocycles. The van der Waals surface area contributed by atoms with Crippen LogP contribution in [0.25, 0.3) is 11.0 Å². The minimum Gasteiger partial charge on any atom is -0.481 e. The summed E-state index contributed by atoms with van der Waals surface area (Å²) in [6.07, 6.45) is 0. The molecule has 1 N–H and O–H groups in total. The summed E-state index contributed by atoms with van der Waals surface area (Å²) in [4.78, 5) is 15.2. The zero-order valence-corrected chi connectivity index (χ0v) is 9.10. The predicted octanol–water partition coefficient (Wildman–Crippen LogP) is 1.76. The first-order chi connectivity index (χ1) is 7.67. The van der Waals surface area contributed by atoms with Crippen LogP contribution < -0.4 is 4.74 Å². The molecular weight excluding hydrogens is 208 g/mol. The summed E-state index contributed by atoms with van der Waals surface area (Å²) in [7, 11) is 1.53. The largest absolute Gasteiger partial charge is 0.481 e. The SMILES string of the molecule is CCn1c(C(=O)O)cc2nc(OC)ccc21. The van der Waals surface area contributed by atoms with Crippen LogP contribution in [0.5, 0.6) is 5.88 Å². The van der Waals surface area contributed by atoms with Gasteiger partial charge >= 0.3 is 5.97 Å². The van der Waals surface area contributed by atoms with Crippen LogP contribution in [0.4, 0.5) is 0 Å². The lowest BCUT2D eigenvalue weighted by molar-refractivity contribution is 0.0686. The molecule has 5 nitrogen and oxygen atoms in total. The minimum atomic E-state index is -0.946. The van der Waals surface area contributed by atoms with Crippen molar-refractivity contribution in [3.63, 3.8) is 0 Å². The normalized spacial score (nSPS) is 10.6. The quantitative estimate of drug-likeness (QED) is 0.856. The molecule has 0 saturated heterocycles. The van der Waals surface area contributed by atoms with Crippen molar-refractivity contribution in [2.24, 2.45) is 0 Å². The summed E-state index contributed by atoms with van der Waals surface area (Å²) >= 11 is 0. The second kappa shape index (κ2) is 3.84. The highest BCUT2D eigenvalue weighted by Gasteiger charge is 2.14. The molecular formula is C11H12N2O3. The van der Waals surface area contributed by atoms with E-state index in [4.69, 9.17) is 9.84 Å². The van der Waals surface area contributed by atoms with Crippen molar-refractivity contribution < 1.29 is 14.6 Å². The monoisotopic (exact) mass is 220 g/mol. The maximum Gasteiger partial charge on any atom is 0.352 e. The number of aryl methyl sites for hydroxylation is 1. The third kappa shape index (κ3) is 1.50. The molecule has 0 radical (unpaired) electrons. The van der Waals surface area contributed by atoms with E-state index in [0.29, 0.717) is 17.9 Å². The second-order valence-electron chi connectivity index (χ2n) is 3.34. The number of nitrogens with zero attached hydrogens (tertiary/aromatic N) is 2. The van der Waals surface area contributed by atoms with Crippen molar-refractivity contribution in [2.75, 3.05) is 7.11 Å². The van der Waals surface area contributed by atoms with Gasteiger partial charge in [0.2, 0.25) is 5.88 Å². The number of aromatic carboxylic acids is 1. The van der Waals surface area contributed by atoms with E-state index in [2.05, 4.69) is 4.98 Å². The average Bonchev–Trinajstić information content (AvgIpc) is 2.66. The third-order valence-electron chi connectivity index (χ3n) is 2.48. The van der Waals surface area contributed by atoms with E-state index >= 15 is 0 Å². The number of fused-ring (bicyclic) bond motifs is 1. The Morgan fingerprint density at radius 2 is 2.31 bits per heavy atom. The summed E-state index contributed by atoms with van der Waals surface area (Å²) in [5, 5.41) is 9.04. The maximum atomic E-state index is 11.0. The van der Waals surface area contributed by atoms with Gasteiger partial charge in [-0.15, -0.1) is 0 Å². The number of aromatic nitrogens is 2. The summed E-state index contributed by atoms with van der Waals surface area (Å²) < 4.78 is 6.71. The highest BCUT2D eigenvalue weighted by Crippen LogP contribution is 2.21. The van der Waals surface area contributed by atoms with E-state index in [9.17, 15) is 4.79 Å². The van der Waals surface area contributed by atoms with Crippen molar-refractivity contribution in [3.8, 4) is 5.88 Å². The zero-order valence-electron chi connectivity index (χ0n) is 9.10. The Morgan fingerprint density at radius 3 is 2.88 bits per heavy atom. The van der Waals surface area contributed by atoms with Crippen molar-refractivity contribution in [1.29, 1.82) is 0 Å². The van der Waals surface area contributed by atoms with Gasteiger partial charge in [0.25, 0.3) is 0 Å². The molecule has 2 aromatic heterocycles. The molecule has 5 heteroatoms. The first-order valence-corrected chi connectivity index (χ1v) is 4.95. The van der Waals surface area contributed by atoms with Crippen molar-refractivity contribution >= 4 is 17.0 Å². The molecule has 0 unspecified atom stereocenters. The summed E-state index contributed by atoms with van der Waals surface area (Å²) in [5.41, 5.74) is 1.69. The van der Waals surface area contributed by atoms with Crippen LogP contribution in [0, 0.1) is 0 Å². The zero-order chi connectivity index (χ0) is 11.7. The lowest BCUT2D eigenvalue weighted by Crippen LogP contribution is -2.06. The van der Waals surface area contributed by atoms with Gasteiger partial charge in [-0.05, 0) is 19.1 Å². The smallest absolute Gasteiger partial charge is 0.352 e. The molecule has 0 spiro atoms. The lowest BCUT2D eigenvalue weighted by Gasteiger charge is -2.03. The fourth-order valence-corrected chi connectivity index (χ4v) is 1.75. The molecule has 0 amide bonds. The standard InChI is InChI=1S/C11H12N2O3/c1-3-13-8-4-5-10(16-2)12-7(8)6-9(13)11(14)15/h4-6H,3H2,1-2H3,(H,14,15). The fourth-order valence-electron chi connectivity index (χ4n) is 1.75. The van der Waals surface area contributed by atoms with Crippen molar-refractivity contribution in [3.05, 3.63) is 23.9 Å². The number of rotatable bonds is 3. The van der Waals surface area contributed by atoms with Gasteiger partial charge in [-0.25, -0.2) is 9.78 Å². The molecule has 0 bridgehead atoms. The minimum absolute atomic E-state index is 0.248. The number of carboxylic acid groups (broad SMARTS) is 1. The Kier molecular flexibility index (Phi) is 2.52. The number of carboxylic acids is 1. The van der Waals surface area contributed by atoms with E-state index in [0.717, 1.165) is 5.52 Å². The Bertz CT molecular complexity index is 545. The third-order valence-corrected chi connectivity index (χ3v) is 2.48. The summed E-state index contributed by atoms with van der Waals surface area (Å²) in [6.45, 7) is 2.50. The number of hydrogen-bond acceptors (Lipinski definition) is 3. The van der Waals surface area contributed by atoms with Crippen LogP contribution in [-0.4, -0.2) is 27.7 Å². The van der Waals surface area contributed by atoms with Gasteiger partial charge < -0.3 is 14.4 Å². The molecule has 0 aliphatic rings. The lowest BCUT2D eigenvalue weighted by atomic mass is 10.3. The number of methoxy groups -OCH3 is 1. The van der Waals surface area contributed by atoms with Crippen molar-refractivity contribution in [1.82, 2.24) is 9.55 Å². The highest BCUT2D eigenvalue weighted by atomic mass is 16.5. The summed E-state index contributed by atoms with van der Waals surface area (Å²) in [6, 6.07) is 5.10. The van der Waals surface area contributed by atoms with Gasteiger partial charge in [-0.3, -0.25) is 0 Å². The Balaban J connectivity index is 2.71. The van der Waals surface area contributed by atoms with Gasteiger partial charge in [0.05, 0.1) is 18.1 Å². The number of ether oxygens (including phenoxy) is 1. The Hall–Kier alpha value is -2.04. The molecule has 84 valence electrons. The molecule has 0 atom stereocenters. The fraction of sp³-hybridized carbons (Fsp3) is 0.273. The van der Waals surface area contributed by atoms with Crippen LogP contribution in [0.3, 0.4) is 0 Å². The molecule has 2 aromatic rings. The Morgan fingerprint density at radius 1 is 1.56 bits per heavy atom. The number of hydrogen-bond donors (Lipinski definition) is 1. The summed E-state index contributed by atoms with van der Waals surface area (Å²) in [5.74, 6) is -0.462. The van der Waals surface area contributed by atoms with E-state index in [-0.39, 0.29) is 5.69 Å². The molecule has 0 saturated carbocycles. The van der Waals surface area contributed by atoms with E-state index in [1.54, 1.807) is 16.7 Å². The highest BCUT2D eigenvalue weighted by molar-refractivity contribution is 5.93. The Labute approximate surface area is 92.3 Å². The average molecular weight is 220 g/mol. The van der Waals surface area contributed by atoms with Crippen LogP contribution >= 0.6 is 0 Å². The van der Waals surface area contributed by atoms with E-state index in [1.807, 2.05) is 13.0 Å². The van der Waals surface area contributed by atoms with E-state index < -0.39 is 5.97 Å². The van der Waals surface area contributed by atoms with Crippen LogP contribution in [0.15, 0.2) is 18.2 Å². The first kappa shape index (κ1) is 10.5. The maximum absolute atomic E-state index is 11.0. The van der Waals surface area contributed by atoms with Crippen LogP contribution in [0.1, 0.15) is 17.4 Å². The number of carbonyl (C=O) groups is 1. The van der Waals surface area contributed by atoms with Gasteiger partial charge in [0.1, 0.15) is 5.69 Å². The number of pyridine rings is 1. The van der Waals surface area contributed by atoms with Crippen LogP contribution in [-0.2, 0) is 6.54 Å². The molecule has 2 rings (SSSR count). The second-order valence-corrected chi connectivity index (χ2v) is 3.34. The molecule has 0 aliphatic carbocycles. The van der Waals surface area contributed by atoms with Gasteiger partial charge in [0, 0.05) is 12.6 Å². The van der Waals surface area contributed by atoms with Gasteiger partial charge in [-0.2, -0.15) is 0 Å². The first-order valence-electron chi connectivity index (χ1n) is 4.95. The molecule has 0 aromatic carbocycles. The van der Waals surface area contributed by atoms with E-state index in [1.165, 1.54) is 7.11 Å². The van der Waals surface area contributed by atoms with Crippen molar-refractivity contribution in [2.45, 2.75) is 13.5 Å². The predicted molar refractivity (Wildman–Crippen MR) is 58.9 cm³/mol.